The minimum Gasteiger partial charge on any atom is -0.478 e. The molecule has 0 fully saturated rings. The van der Waals surface area contributed by atoms with Crippen molar-refractivity contribution in [2.45, 2.75) is 52.6 Å². The molecular formula is C26H35N3O3. The third-order valence-corrected chi connectivity index (χ3v) is 5.72. The van der Waals surface area contributed by atoms with Crippen LogP contribution in [0.4, 0.5) is 11.4 Å². The lowest BCUT2D eigenvalue weighted by molar-refractivity contribution is -0.129. The normalized spacial score (nSPS) is 15.2. The Morgan fingerprint density at radius 3 is 2.56 bits per heavy atom. The van der Waals surface area contributed by atoms with Gasteiger partial charge in [-0.1, -0.05) is 44.5 Å². The number of benzene rings is 2. The fourth-order valence-electron chi connectivity index (χ4n) is 3.91. The van der Waals surface area contributed by atoms with E-state index in [-0.39, 0.29) is 18.4 Å². The first-order chi connectivity index (χ1) is 15.5. The van der Waals surface area contributed by atoms with Crippen molar-refractivity contribution in [3.8, 4) is 5.75 Å². The highest BCUT2D eigenvalue weighted by atomic mass is 16.5. The molecule has 1 N–H and O–H groups in total. The highest BCUT2D eigenvalue weighted by Gasteiger charge is 2.34. The molecule has 2 aromatic rings. The first-order valence-corrected chi connectivity index (χ1v) is 11.7. The summed E-state index contributed by atoms with van der Waals surface area (Å²) in [6.45, 7) is 8.53. The molecule has 32 heavy (non-hydrogen) atoms. The number of para-hydroxylation sites is 1. The fourth-order valence-corrected chi connectivity index (χ4v) is 3.91. The molecule has 1 heterocycles. The van der Waals surface area contributed by atoms with Crippen molar-refractivity contribution in [1.82, 2.24) is 5.32 Å². The number of hydrogen-bond acceptors (Lipinski definition) is 4. The largest absolute Gasteiger partial charge is 0.478 e. The van der Waals surface area contributed by atoms with E-state index in [1.54, 1.807) is 4.90 Å². The van der Waals surface area contributed by atoms with Gasteiger partial charge in [-0.3, -0.25) is 14.5 Å². The van der Waals surface area contributed by atoms with Crippen LogP contribution >= 0.6 is 0 Å². The van der Waals surface area contributed by atoms with Crippen LogP contribution < -0.4 is 19.9 Å². The molecule has 0 aliphatic carbocycles. The van der Waals surface area contributed by atoms with Crippen molar-refractivity contribution in [1.29, 1.82) is 0 Å². The standard InChI is InChI=1S/C26H35N3O3/c1-4-6-16-28(21-11-8-7-9-12-21)17-10-15-27-25(30)19-29-22-18-20(3)13-14-24(22)32-23(5-2)26(29)31/h7-9,11-14,18,23H,4-6,10,15-17,19H2,1-3H3,(H,27,30)/t23-/m0/s1. The average molecular weight is 438 g/mol. The highest BCUT2D eigenvalue weighted by molar-refractivity contribution is 6.03. The maximum Gasteiger partial charge on any atom is 0.268 e. The van der Waals surface area contributed by atoms with Gasteiger partial charge in [-0.25, -0.2) is 0 Å². The molecule has 2 amide bonds. The van der Waals surface area contributed by atoms with Crippen LogP contribution in [0.1, 0.15) is 45.1 Å². The van der Waals surface area contributed by atoms with Gasteiger partial charge in [0.2, 0.25) is 5.91 Å². The summed E-state index contributed by atoms with van der Waals surface area (Å²) in [5.41, 5.74) is 2.90. The molecule has 0 unspecified atom stereocenters. The number of nitrogens with one attached hydrogen (secondary N) is 1. The lowest BCUT2D eigenvalue weighted by atomic mass is 10.1. The van der Waals surface area contributed by atoms with E-state index in [0.717, 1.165) is 37.9 Å². The number of amides is 2. The van der Waals surface area contributed by atoms with Crippen LogP contribution in [-0.2, 0) is 9.59 Å². The van der Waals surface area contributed by atoms with Gasteiger partial charge in [0.25, 0.3) is 5.91 Å². The number of rotatable bonds is 11. The number of carbonyl (C=O) groups is 2. The maximum absolute atomic E-state index is 12.9. The lowest BCUT2D eigenvalue weighted by Crippen LogP contribution is -2.49. The Morgan fingerprint density at radius 1 is 1.09 bits per heavy atom. The Balaban J connectivity index is 1.55. The van der Waals surface area contributed by atoms with Gasteiger partial charge < -0.3 is 15.0 Å². The van der Waals surface area contributed by atoms with Gasteiger partial charge in [-0.05, 0) is 56.0 Å². The molecule has 2 aromatic carbocycles. The quantitative estimate of drug-likeness (QED) is 0.532. The molecule has 0 spiro atoms. The van der Waals surface area contributed by atoms with Crippen LogP contribution in [0.25, 0.3) is 0 Å². The third-order valence-electron chi connectivity index (χ3n) is 5.72. The summed E-state index contributed by atoms with van der Waals surface area (Å²) >= 11 is 0. The van der Waals surface area contributed by atoms with Crippen LogP contribution in [0, 0.1) is 6.92 Å². The summed E-state index contributed by atoms with van der Waals surface area (Å²) in [6, 6.07) is 16.1. The zero-order chi connectivity index (χ0) is 22.9. The van der Waals surface area contributed by atoms with E-state index in [1.807, 2.05) is 38.1 Å². The minimum atomic E-state index is -0.545. The summed E-state index contributed by atoms with van der Waals surface area (Å²) in [5, 5.41) is 2.99. The van der Waals surface area contributed by atoms with Gasteiger partial charge in [0.15, 0.2) is 6.10 Å². The Bertz CT molecular complexity index is 900. The van der Waals surface area contributed by atoms with Gasteiger partial charge in [0.05, 0.1) is 5.69 Å². The Morgan fingerprint density at radius 2 is 1.84 bits per heavy atom. The van der Waals surface area contributed by atoms with E-state index in [4.69, 9.17) is 4.74 Å². The van der Waals surface area contributed by atoms with Gasteiger partial charge in [-0.15, -0.1) is 0 Å². The SMILES string of the molecule is CCCCN(CCCNC(=O)CN1C(=O)[C@H](CC)Oc2ccc(C)cc21)c1ccccc1. The van der Waals surface area contributed by atoms with Gasteiger partial charge in [-0.2, -0.15) is 0 Å². The molecule has 1 aliphatic rings. The van der Waals surface area contributed by atoms with E-state index in [1.165, 1.54) is 5.69 Å². The smallest absolute Gasteiger partial charge is 0.268 e. The number of fused-ring (bicyclic) bond motifs is 1. The minimum absolute atomic E-state index is 0.00732. The molecular weight excluding hydrogens is 402 g/mol. The topological polar surface area (TPSA) is 61.9 Å². The molecule has 0 saturated carbocycles. The molecule has 0 bridgehead atoms. The zero-order valence-electron chi connectivity index (χ0n) is 19.5. The van der Waals surface area contributed by atoms with Crippen LogP contribution in [0.2, 0.25) is 0 Å². The number of nitrogens with zero attached hydrogens (tertiary/aromatic N) is 2. The summed E-state index contributed by atoms with van der Waals surface area (Å²) in [5.74, 6) is 0.349. The first kappa shape index (κ1) is 23.6. The van der Waals surface area contributed by atoms with Gasteiger partial charge in [0.1, 0.15) is 12.3 Å². The number of carbonyl (C=O) groups excluding carboxylic acids is 2. The van der Waals surface area contributed by atoms with Crippen molar-refractivity contribution in [3.05, 3.63) is 54.1 Å². The molecule has 6 nitrogen and oxygen atoms in total. The molecule has 172 valence electrons. The number of ether oxygens (including phenoxy) is 1. The van der Waals surface area contributed by atoms with E-state index in [9.17, 15) is 9.59 Å². The molecule has 0 aromatic heterocycles. The van der Waals surface area contributed by atoms with Gasteiger partial charge in [0, 0.05) is 25.3 Å². The average Bonchev–Trinajstić information content (AvgIpc) is 2.81. The van der Waals surface area contributed by atoms with Crippen LogP contribution in [0.15, 0.2) is 48.5 Å². The van der Waals surface area contributed by atoms with Crippen molar-refractivity contribution < 1.29 is 14.3 Å². The second-order valence-electron chi connectivity index (χ2n) is 8.29. The van der Waals surface area contributed by atoms with Crippen LogP contribution in [-0.4, -0.2) is 44.1 Å². The third kappa shape index (κ3) is 6.02. The molecule has 1 atom stereocenters. The van der Waals surface area contributed by atoms with Crippen molar-refractivity contribution in [2.24, 2.45) is 0 Å². The monoisotopic (exact) mass is 437 g/mol. The van der Waals surface area contributed by atoms with Crippen LogP contribution in [0.5, 0.6) is 5.75 Å². The maximum atomic E-state index is 12.9. The van der Waals surface area contributed by atoms with E-state index in [0.29, 0.717) is 24.4 Å². The highest BCUT2D eigenvalue weighted by Crippen LogP contribution is 2.35. The number of aryl methyl sites for hydroxylation is 1. The second kappa shape index (κ2) is 11.6. The Labute approximate surface area is 191 Å². The predicted molar refractivity (Wildman–Crippen MR) is 129 cm³/mol. The van der Waals surface area contributed by atoms with E-state index >= 15 is 0 Å². The fraction of sp³-hybridized carbons (Fsp3) is 0.462. The molecule has 6 heteroatoms. The molecule has 3 rings (SSSR count). The number of hydrogen-bond donors (Lipinski definition) is 1. The molecule has 1 aliphatic heterocycles. The number of unbranched alkanes of at least 4 members (excludes halogenated alkanes) is 1. The molecule has 0 radical (unpaired) electrons. The Hall–Kier alpha value is -3.02. The summed E-state index contributed by atoms with van der Waals surface area (Å²) < 4.78 is 5.83. The lowest BCUT2D eigenvalue weighted by Gasteiger charge is -2.34. The van der Waals surface area contributed by atoms with Crippen molar-refractivity contribution in [3.63, 3.8) is 0 Å². The van der Waals surface area contributed by atoms with E-state index in [2.05, 4.69) is 41.4 Å². The van der Waals surface area contributed by atoms with Gasteiger partial charge >= 0.3 is 0 Å². The predicted octanol–water partition coefficient (Wildman–Crippen LogP) is 4.31. The Kier molecular flexibility index (Phi) is 8.54. The number of anilines is 2. The second-order valence-corrected chi connectivity index (χ2v) is 8.29. The van der Waals surface area contributed by atoms with Crippen molar-refractivity contribution >= 4 is 23.2 Å². The summed E-state index contributed by atoms with van der Waals surface area (Å²) in [4.78, 5) is 29.5. The summed E-state index contributed by atoms with van der Waals surface area (Å²) in [7, 11) is 0. The van der Waals surface area contributed by atoms with E-state index < -0.39 is 6.10 Å². The van der Waals surface area contributed by atoms with Crippen molar-refractivity contribution in [2.75, 3.05) is 36.0 Å². The molecule has 0 saturated heterocycles. The van der Waals surface area contributed by atoms with Crippen LogP contribution in [0.3, 0.4) is 0 Å². The zero-order valence-corrected chi connectivity index (χ0v) is 19.5. The first-order valence-electron chi connectivity index (χ1n) is 11.7. The summed E-state index contributed by atoms with van der Waals surface area (Å²) in [6.07, 6.45) is 3.15.